The molecule has 0 amide bonds. The van der Waals surface area contributed by atoms with E-state index in [1.165, 1.54) is 21.9 Å². The van der Waals surface area contributed by atoms with Gasteiger partial charge in [-0.2, -0.15) is 5.10 Å². The van der Waals surface area contributed by atoms with Gasteiger partial charge in [0.15, 0.2) is 17.5 Å². The summed E-state index contributed by atoms with van der Waals surface area (Å²) in [6, 6.07) is 52.4. The normalized spacial score (nSPS) is 11.1. The predicted molar refractivity (Wildman–Crippen MR) is 182 cm³/mol. The number of hydrogen-bond donors (Lipinski definition) is 1. The van der Waals surface area contributed by atoms with E-state index >= 15 is 0 Å². The minimum absolute atomic E-state index is 0.649. The molecule has 8 rings (SSSR count). The van der Waals surface area contributed by atoms with Crippen LogP contribution in [0.25, 0.3) is 78.4 Å². The van der Waals surface area contributed by atoms with E-state index in [0.29, 0.717) is 17.5 Å². The smallest absolute Gasteiger partial charge is 0.164 e. The van der Waals surface area contributed by atoms with E-state index < -0.39 is 0 Å². The van der Waals surface area contributed by atoms with Gasteiger partial charge in [0.1, 0.15) is 0 Å². The molecule has 0 spiro atoms. The van der Waals surface area contributed by atoms with Gasteiger partial charge in [-0.05, 0) is 56.8 Å². The van der Waals surface area contributed by atoms with Crippen LogP contribution in [0.15, 0.2) is 158 Å². The first-order valence-electron chi connectivity index (χ1n) is 14.9. The number of aromatic amines is 1. The molecule has 0 fully saturated rings. The Kier molecular flexibility index (Phi) is 6.74. The van der Waals surface area contributed by atoms with Crippen LogP contribution in [0.5, 0.6) is 0 Å². The summed E-state index contributed by atoms with van der Waals surface area (Å²) in [6.07, 6.45) is 1.77. The molecule has 45 heavy (non-hydrogen) atoms. The lowest BCUT2D eigenvalue weighted by Crippen LogP contribution is -2.00. The van der Waals surface area contributed by atoms with Gasteiger partial charge >= 0.3 is 0 Å². The number of hydrogen-bond acceptors (Lipinski definition) is 4. The average Bonchev–Trinajstić information content (AvgIpc) is 3.67. The fourth-order valence-corrected chi connectivity index (χ4v) is 5.61. The molecule has 5 heteroatoms. The lowest BCUT2D eigenvalue weighted by atomic mass is 9.96. The summed E-state index contributed by atoms with van der Waals surface area (Å²) in [4.78, 5) is 14.6. The van der Waals surface area contributed by atoms with E-state index in [-0.39, 0.29) is 0 Å². The maximum atomic E-state index is 4.87. The maximum absolute atomic E-state index is 4.87. The van der Waals surface area contributed by atoms with Gasteiger partial charge in [0.05, 0.1) is 5.69 Å². The Morgan fingerprint density at radius 1 is 0.333 bits per heavy atom. The molecule has 2 aromatic heterocycles. The molecule has 8 aromatic rings. The number of rotatable bonds is 6. The predicted octanol–water partition coefficient (Wildman–Crippen LogP) is 9.75. The van der Waals surface area contributed by atoms with Gasteiger partial charge in [0.2, 0.25) is 0 Å². The molecule has 0 aliphatic rings. The molecule has 212 valence electrons. The Morgan fingerprint density at radius 3 is 1.22 bits per heavy atom. The molecule has 5 nitrogen and oxygen atoms in total. The average molecular weight is 578 g/mol. The summed E-state index contributed by atoms with van der Waals surface area (Å²) in [5.41, 5.74) is 9.64. The second-order valence-electron chi connectivity index (χ2n) is 10.9. The zero-order valence-corrected chi connectivity index (χ0v) is 24.3. The summed E-state index contributed by atoms with van der Waals surface area (Å²) in [6.45, 7) is 0. The number of nitrogens with zero attached hydrogens (tertiary/aromatic N) is 4. The number of fused-ring (bicyclic) bond motifs is 1. The minimum atomic E-state index is 0.649. The van der Waals surface area contributed by atoms with Gasteiger partial charge in [0.25, 0.3) is 0 Å². The monoisotopic (exact) mass is 577 g/mol. The van der Waals surface area contributed by atoms with E-state index in [1.54, 1.807) is 6.20 Å². The van der Waals surface area contributed by atoms with Gasteiger partial charge in [-0.1, -0.05) is 133 Å². The van der Waals surface area contributed by atoms with Gasteiger partial charge in [-0.3, -0.25) is 5.10 Å². The third-order valence-electron chi connectivity index (χ3n) is 8.05. The van der Waals surface area contributed by atoms with Crippen LogP contribution in [-0.2, 0) is 0 Å². The topological polar surface area (TPSA) is 67.3 Å². The van der Waals surface area contributed by atoms with E-state index in [9.17, 15) is 0 Å². The zero-order chi connectivity index (χ0) is 30.0. The summed E-state index contributed by atoms with van der Waals surface area (Å²) in [5.74, 6) is 1.96. The van der Waals surface area contributed by atoms with Crippen LogP contribution in [0, 0.1) is 0 Å². The summed E-state index contributed by atoms with van der Waals surface area (Å²) >= 11 is 0. The van der Waals surface area contributed by atoms with Gasteiger partial charge < -0.3 is 0 Å². The van der Waals surface area contributed by atoms with Crippen LogP contribution in [0.3, 0.4) is 0 Å². The molecule has 0 bridgehead atoms. The Hall–Kier alpha value is -6.20. The van der Waals surface area contributed by atoms with E-state index in [4.69, 9.17) is 15.0 Å². The Bertz CT molecular complexity index is 2170. The quantitative estimate of drug-likeness (QED) is 0.214. The van der Waals surface area contributed by atoms with Crippen molar-refractivity contribution in [3.8, 4) is 67.7 Å². The van der Waals surface area contributed by atoms with Crippen molar-refractivity contribution >= 4 is 10.8 Å². The second kappa shape index (κ2) is 11.5. The standard InChI is InChI=1S/C40H27N5/c1-3-7-31(8-4-1)38-42-39(32-9-5-2-6-10-32)44-40(43-38)33-19-13-28(14-20-33)35-22-16-29-15-21-34(25-36(29)26-35)27-11-17-30(18-12-27)37-23-24-41-45-37/h1-26H,(H,41,45). The lowest BCUT2D eigenvalue weighted by molar-refractivity contribution is 1.07. The SMILES string of the molecule is c1ccc(-c2nc(-c3ccccc3)nc(-c3ccc(-c4ccc5ccc(-c6ccc(-c7ccn[nH]7)cc6)cc5c4)cc3)n2)cc1. The zero-order valence-electron chi connectivity index (χ0n) is 24.3. The van der Waals surface area contributed by atoms with Crippen molar-refractivity contribution in [3.63, 3.8) is 0 Å². The molecular formula is C40H27N5. The molecule has 0 radical (unpaired) electrons. The summed E-state index contributed by atoms with van der Waals surface area (Å²) in [7, 11) is 0. The van der Waals surface area contributed by atoms with Gasteiger partial charge in [-0.15, -0.1) is 0 Å². The van der Waals surface area contributed by atoms with Crippen molar-refractivity contribution in [2.75, 3.05) is 0 Å². The third kappa shape index (κ3) is 5.39. The van der Waals surface area contributed by atoms with Gasteiger partial charge in [0, 0.05) is 22.9 Å². The first-order chi connectivity index (χ1) is 22.3. The molecule has 0 unspecified atom stereocenters. The highest BCUT2D eigenvalue weighted by atomic mass is 15.1. The summed E-state index contributed by atoms with van der Waals surface area (Å²) < 4.78 is 0. The van der Waals surface area contributed by atoms with Gasteiger partial charge in [-0.25, -0.2) is 15.0 Å². The van der Waals surface area contributed by atoms with Crippen LogP contribution in [0.2, 0.25) is 0 Å². The fraction of sp³-hybridized carbons (Fsp3) is 0. The maximum Gasteiger partial charge on any atom is 0.164 e. The molecule has 0 saturated heterocycles. The largest absolute Gasteiger partial charge is 0.278 e. The molecule has 1 N–H and O–H groups in total. The van der Waals surface area contributed by atoms with E-state index in [0.717, 1.165) is 39.1 Å². The first-order valence-corrected chi connectivity index (χ1v) is 14.9. The highest BCUT2D eigenvalue weighted by Gasteiger charge is 2.12. The van der Waals surface area contributed by atoms with Crippen molar-refractivity contribution in [1.29, 1.82) is 0 Å². The highest BCUT2D eigenvalue weighted by Crippen LogP contribution is 2.31. The Morgan fingerprint density at radius 2 is 0.756 bits per heavy atom. The molecule has 0 aliphatic carbocycles. The summed E-state index contributed by atoms with van der Waals surface area (Å²) in [5, 5.41) is 9.50. The van der Waals surface area contributed by atoms with Crippen molar-refractivity contribution in [3.05, 3.63) is 158 Å². The molecule has 0 aliphatic heterocycles. The van der Waals surface area contributed by atoms with Crippen molar-refractivity contribution in [2.24, 2.45) is 0 Å². The van der Waals surface area contributed by atoms with Crippen LogP contribution >= 0.6 is 0 Å². The number of benzene rings is 6. The minimum Gasteiger partial charge on any atom is -0.278 e. The van der Waals surface area contributed by atoms with Crippen molar-refractivity contribution in [2.45, 2.75) is 0 Å². The molecular weight excluding hydrogens is 550 g/mol. The van der Waals surface area contributed by atoms with Crippen molar-refractivity contribution in [1.82, 2.24) is 25.1 Å². The molecule has 0 atom stereocenters. The van der Waals surface area contributed by atoms with Crippen molar-refractivity contribution < 1.29 is 0 Å². The third-order valence-corrected chi connectivity index (χ3v) is 8.05. The van der Waals surface area contributed by atoms with E-state index in [1.807, 2.05) is 66.7 Å². The Balaban J connectivity index is 1.11. The van der Waals surface area contributed by atoms with Crippen LogP contribution in [0.1, 0.15) is 0 Å². The highest BCUT2D eigenvalue weighted by molar-refractivity contribution is 5.91. The van der Waals surface area contributed by atoms with Crippen LogP contribution in [0.4, 0.5) is 0 Å². The molecule has 6 aromatic carbocycles. The van der Waals surface area contributed by atoms with Crippen LogP contribution < -0.4 is 0 Å². The Labute approximate surface area is 261 Å². The van der Waals surface area contributed by atoms with E-state index in [2.05, 4.69) is 95.1 Å². The molecule has 2 heterocycles. The number of nitrogens with one attached hydrogen (secondary N) is 1. The number of H-pyrrole nitrogens is 1. The first kappa shape index (κ1) is 26.4. The fourth-order valence-electron chi connectivity index (χ4n) is 5.61. The lowest BCUT2D eigenvalue weighted by Gasteiger charge is -2.10. The molecule has 0 saturated carbocycles. The number of aromatic nitrogens is 5. The second-order valence-corrected chi connectivity index (χ2v) is 10.9. The van der Waals surface area contributed by atoms with Crippen LogP contribution in [-0.4, -0.2) is 25.1 Å².